The van der Waals surface area contributed by atoms with E-state index in [-0.39, 0.29) is 5.56 Å². The van der Waals surface area contributed by atoms with Crippen LogP contribution >= 0.6 is 0 Å². The largest absolute Gasteiger partial charge is 0.433 e. The van der Waals surface area contributed by atoms with Crippen molar-refractivity contribution >= 4 is 10.9 Å². The van der Waals surface area contributed by atoms with Crippen LogP contribution in [0.4, 0.5) is 13.2 Å². The minimum absolute atomic E-state index is 0.171. The Labute approximate surface area is 137 Å². The predicted octanol–water partition coefficient (Wildman–Crippen LogP) is 4.48. The number of nitrogens with zero attached hydrogens (tertiary/aromatic N) is 1. The van der Waals surface area contributed by atoms with Crippen LogP contribution < -0.4 is 5.32 Å². The van der Waals surface area contributed by atoms with Crippen molar-refractivity contribution in [3.8, 4) is 0 Å². The topological polar surface area (TPSA) is 40.7 Å². The van der Waals surface area contributed by atoms with Gasteiger partial charge >= 0.3 is 6.18 Å². The molecule has 1 aromatic carbocycles. The molecule has 3 aromatic rings. The fourth-order valence-corrected chi connectivity index (χ4v) is 2.80. The van der Waals surface area contributed by atoms with E-state index in [1.807, 2.05) is 24.4 Å². The number of alkyl halides is 3. The number of nitrogens with one attached hydrogen (secondary N) is 2. The predicted molar refractivity (Wildman–Crippen MR) is 87.7 cm³/mol. The molecule has 0 saturated carbocycles. The van der Waals surface area contributed by atoms with Crippen molar-refractivity contribution in [2.75, 3.05) is 6.54 Å². The minimum Gasteiger partial charge on any atom is -0.361 e. The summed E-state index contributed by atoms with van der Waals surface area (Å²) in [4.78, 5) is 6.65. The fourth-order valence-electron chi connectivity index (χ4n) is 2.80. The molecule has 3 nitrogen and oxygen atoms in total. The maximum atomic E-state index is 13.0. The summed E-state index contributed by atoms with van der Waals surface area (Å²) in [6, 6.07) is 10.7. The third kappa shape index (κ3) is 3.59. The molecule has 24 heavy (non-hydrogen) atoms. The summed E-state index contributed by atoms with van der Waals surface area (Å²) in [5, 5.41) is 4.30. The highest BCUT2D eigenvalue weighted by atomic mass is 19.4. The highest BCUT2D eigenvalue weighted by molar-refractivity contribution is 5.79. The van der Waals surface area contributed by atoms with Gasteiger partial charge in [-0.1, -0.05) is 18.2 Å². The molecule has 0 amide bonds. The van der Waals surface area contributed by atoms with Crippen LogP contribution in [0.25, 0.3) is 10.9 Å². The lowest BCUT2D eigenvalue weighted by Crippen LogP contribution is -2.24. The van der Waals surface area contributed by atoms with Crippen molar-refractivity contribution in [3.05, 3.63) is 65.6 Å². The molecule has 0 spiro atoms. The monoisotopic (exact) mass is 333 g/mol. The van der Waals surface area contributed by atoms with E-state index in [9.17, 15) is 13.2 Å². The second-order valence-corrected chi connectivity index (χ2v) is 5.76. The van der Waals surface area contributed by atoms with Gasteiger partial charge in [0.25, 0.3) is 0 Å². The first kappa shape index (κ1) is 16.5. The average Bonchev–Trinajstić information content (AvgIpc) is 3.01. The smallest absolute Gasteiger partial charge is 0.361 e. The number of H-pyrrole nitrogens is 1. The third-order valence-corrected chi connectivity index (χ3v) is 4.06. The van der Waals surface area contributed by atoms with E-state index in [0.717, 1.165) is 22.9 Å². The second-order valence-electron chi connectivity index (χ2n) is 5.76. The third-order valence-electron chi connectivity index (χ3n) is 4.06. The minimum atomic E-state index is -4.44. The summed E-state index contributed by atoms with van der Waals surface area (Å²) in [5.41, 5.74) is 1.54. The van der Waals surface area contributed by atoms with Gasteiger partial charge in [-0.05, 0) is 54.6 Å². The number of aromatic nitrogens is 2. The van der Waals surface area contributed by atoms with Crippen LogP contribution in [0.15, 0.2) is 48.8 Å². The van der Waals surface area contributed by atoms with Crippen molar-refractivity contribution in [2.24, 2.45) is 0 Å². The van der Waals surface area contributed by atoms with Gasteiger partial charge in [0.1, 0.15) is 5.69 Å². The molecule has 0 fully saturated rings. The van der Waals surface area contributed by atoms with E-state index >= 15 is 0 Å². The van der Waals surface area contributed by atoms with E-state index in [1.165, 1.54) is 18.3 Å². The van der Waals surface area contributed by atoms with Crippen LogP contribution in [0.5, 0.6) is 0 Å². The number of halogens is 3. The fraction of sp³-hybridized carbons (Fsp3) is 0.278. The van der Waals surface area contributed by atoms with Gasteiger partial charge in [0.2, 0.25) is 0 Å². The molecule has 0 saturated heterocycles. The van der Waals surface area contributed by atoms with Crippen molar-refractivity contribution in [2.45, 2.75) is 25.6 Å². The molecule has 1 atom stereocenters. The quantitative estimate of drug-likeness (QED) is 0.723. The van der Waals surface area contributed by atoms with Crippen molar-refractivity contribution in [1.29, 1.82) is 0 Å². The van der Waals surface area contributed by atoms with E-state index < -0.39 is 17.9 Å². The molecule has 2 N–H and O–H groups in total. The van der Waals surface area contributed by atoms with E-state index in [2.05, 4.69) is 21.4 Å². The molecule has 6 heteroatoms. The molecule has 2 aromatic heterocycles. The molecule has 3 rings (SSSR count). The highest BCUT2D eigenvalue weighted by Gasteiger charge is 2.36. The summed E-state index contributed by atoms with van der Waals surface area (Å²) < 4.78 is 39.1. The number of rotatable bonds is 5. The summed E-state index contributed by atoms with van der Waals surface area (Å²) >= 11 is 0. The lowest BCUT2D eigenvalue weighted by atomic mass is 10.1. The Morgan fingerprint density at radius 3 is 2.83 bits per heavy atom. The van der Waals surface area contributed by atoms with Crippen molar-refractivity contribution in [1.82, 2.24) is 15.3 Å². The zero-order valence-corrected chi connectivity index (χ0v) is 13.2. The number of aromatic amines is 1. The maximum Gasteiger partial charge on any atom is 0.433 e. The molecular weight excluding hydrogens is 315 g/mol. The number of fused-ring (bicyclic) bond motifs is 1. The molecule has 1 unspecified atom stereocenters. The average molecular weight is 333 g/mol. The van der Waals surface area contributed by atoms with Gasteiger partial charge in [0.05, 0.1) is 0 Å². The Balaban J connectivity index is 1.64. The Kier molecular flexibility index (Phi) is 4.57. The summed E-state index contributed by atoms with van der Waals surface area (Å²) in [6.45, 7) is 2.31. The number of pyridine rings is 1. The van der Waals surface area contributed by atoms with Crippen LogP contribution in [0.3, 0.4) is 0 Å². The second kappa shape index (κ2) is 6.65. The summed E-state index contributed by atoms with van der Waals surface area (Å²) in [5.74, 6) is 0. The van der Waals surface area contributed by atoms with Crippen LogP contribution in [0.1, 0.15) is 29.8 Å². The number of hydrogen-bond acceptors (Lipinski definition) is 2. The number of hydrogen-bond donors (Lipinski definition) is 2. The van der Waals surface area contributed by atoms with Crippen LogP contribution in [-0.2, 0) is 12.6 Å². The number of benzene rings is 1. The molecule has 2 heterocycles. The van der Waals surface area contributed by atoms with Gasteiger partial charge < -0.3 is 10.3 Å². The van der Waals surface area contributed by atoms with Gasteiger partial charge in [-0.3, -0.25) is 4.98 Å². The first-order valence-corrected chi connectivity index (χ1v) is 7.76. The maximum absolute atomic E-state index is 13.0. The van der Waals surface area contributed by atoms with E-state index in [4.69, 9.17) is 0 Å². The first-order valence-electron chi connectivity index (χ1n) is 7.76. The molecule has 0 radical (unpaired) electrons. The standard InChI is InChI=1S/C18H18F3N3/c1-12(15-3-2-8-24-17(15)18(19,20)21)22-9-6-13-4-5-14-7-10-23-16(14)11-13/h2-5,7-8,10-12,22-23H,6,9H2,1H3. The molecule has 0 bridgehead atoms. The molecule has 126 valence electrons. The van der Waals surface area contributed by atoms with Gasteiger partial charge in [-0.25, -0.2) is 0 Å². The lowest BCUT2D eigenvalue weighted by Gasteiger charge is -2.18. The normalized spacial score (nSPS) is 13.3. The molecule has 0 aliphatic carbocycles. The lowest BCUT2D eigenvalue weighted by molar-refractivity contribution is -0.142. The Morgan fingerprint density at radius 2 is 2.04 bits per heavy atom. The highest BCUT2D eigenvalue weighted by Crippen LogP contribution is 2.32. The Hall–Kier alpha value is -2.34. The molecular formula is C18H18F3N3. The zero-order chi connectivity index (χ0) is 17.2. The van der Waals surface area contributed by atoms with Crippen molar-refractivity contribution < 1.29 is 13.2 Å². The molecule has 0 aliphatic rings. The van der Waals surface area contributed by atoms with Crippen LogP contribution in [0, 0.1) is 0 Å². The summed E-state index contributed by atoms with van der Waals surface area (Å²) in [6.07, 6.45) is -0.646. The van der Waals surface area contributed by atoms with E-state index in [0.29, 0.717) is 6.54 Å². The van der Waals surface area contributed by atoms with Gasteiger partial charge in [0, 0.05) is 24.0 Å². The molecule has 0 aliphatic heterocycles. The van der Waals surface area contributed by atoms with Crippen molar-refractivity contribution in [3.63, 3.8) is 0 Å². The van der Waals surface area contributed by atoms with E-state index in [1.54, 1.807) is 6.92 Å². The van der Waals surface area contributed by atoms with Gasteiger partial charge in [0.15, 0.2) is 0 Å². The summed E-state index contributed by atoms with van der Waals surface area (Å²) in [7, 11) is 0. The Morgan fingerprint density at radius 1 is 1.21 bits per heavy atom. The first-order chi connectivity index (χ1) is 11.4. The van der Waals surface area contributed by atoms with Gasteiger partial charge in [-0.2, -0.15) is 13.2 Å². The Bertz CT molecular complexity index is 823. The zero-order valence-electron chi connectivity index (χ0n) is 13.2. The van der Waals surface area contributed by atoms with Crippen LogP contribution in [-0.4, -0.2) is 16.5 Å². The SMILES string of the molecule is CC(NCCc1ccc2cc[nH]c2c1)c1cccnc1C(F)(F)F. The van der Waals surface area contributed by atoms with Crippen LogP contribution in [0.2, 0.25) is 0 Å². The van der Waals surface area contributed by atoms with Gasteiger partial charge in [-0.15, -0.1) is 0 Å².